The van der Waals surface area contributed by atoms with E-state index in [1.165, 1.54) is 18.4 Å². The number of carbonyl (C=O) groups is 1. The van der Waals surface area contributed by atoms with Crippen molar-refractivity contribution in [2.24, 2.45) is 0 Å². The smallest absolute Gasteiger partial charge is 0.251 e. The molecule has 4 rings (SSSR count). The average Bonchev–Trinajstić information content (AvgIpc) is 2.75. The van der Waals surface area contributed by atoms with Crippen LogP contribution in [0.2, 0.25) is 0 Å². The molecule has 4 nitrogen and oxygen atoms in total. The Balaban J connectivity index is 1.51. The summed E-state index contributed by atoms with van der Waals surface area (Å²) in [5, 5.41) is 3.30. The van der Waals surface area contributed by atoms with Crippen molar-refractivity contribution in [2.75, 3.05) is 20.1 Å². The standard InChI is InChI=1S/C25H32N2O2/c1-3-4-7-19-10-12-20(13-11-19)24(28)26-22-18-25(14-16-27(2)17-15-25)29-23-9-6-5-8-21(22)23/h5-6,8-13,22H,3-4,7,14-18H2,1-2H3,(H,26,28). The fourth-order valence-electron chi connectivity index (χ4n) is 4.52. The van der Waals surface area contributed by atoms with Crippen molar-refractivity contribution >= 4 is 5.91 Å². The van der Waals surface area contributed by atoms with Gasteiger partial charge in [-0.05, 0) is 56.5 Å². The third-order valence-electron chi connectivity index (χ3n) is 6.44. The zero-order valence-electron chi connectivity index (χ0n) is 17.6. The molecule has 2 heterocycles. The van der Waals surface area contributed by atoms with Crippen LogP contribution in [-0.2, 0) is 6.42 Å². The first kappa shape index (κ1) is 20.0. The fourth-order valence-corrected chi connectivity index (χ4v) is 4.52. The van der Waals surface area contributed by atoms with Gasteiger partial charge in [-0.3, -0.25) is 4.79 Å². The predicted molar refractivity (Wildman–Crippen MR) is 116 cm³/mol. The van der Waals surface area contributed by atoms with Gasteiger partial charge in [0.25, 0.3) is 5.91 Å². The number of hydrogen-bond donors (Lipinski definition) is 1. The number of nitrogens with zero attached hydrogens (tertiary/aromatic N) is 1. The van der Waals surface area contributed by atoms with Gasteiger partial charge < -0.3 is 15.0 Å². The number of unbranched alkanes of at least 4 members (excludes halogenated alkanes) is 1. The second-order valence-electron chi connectivity index (χ2n) is 8.66. The molecule has 0 radical (unpaired) electrons. The first-order valence-electron chi connectivity index (χ1n) is 10.9. The largest absolute Gasteiger partial charge is 0.487 e. The van der Waals surface area contributed by atoms with Gasteiger partial charge in [0, 0.05) is 30.6 Å². The van der Waals surface area contributed by atoms with Crippen LogP contribution in [0, 0.1) is 0 Å². The second kappa shape index (κ2) is 8.58. The molecule has 0 aliphatic carbocycles. The van der Waals surface area contributed by atoms with Crippen molar-refractivity contribution in [2.45, 2.75) is 57.1 Å². The number of benzene rings is 2. The number of carbonyl (C=O) groups excluding carboxylic acids is 1. The third kappa shape index (κ3) is 4.48. The lowest BCUT2D eigenvalue weighted by atomic mass is 9.80. The maximum Gasteiger partial charge on any atom is 0.251 e. The minimum Gasteiger partial charge on any atom is -0.487 e. The van der Waals surface area contributed by atoms with Gasteiger partial charge in [0.15, 0.2) is 0 Å². The summed E-state index contributed by atoms with van der Waals surface area (Å²) < 4.78 is 6.50. The highest BCUT2D eigenvalue weighted by Crippen LogP contribution is 2.44. The van der Waals surface area contributed by atoms with Crippen LogP contribution in [0.3, 0.4) is 0 Å². The van der Waals surface area contributed by atoms with Crippen LogP contribution in [0.5, 0.6) is 5.75 Å². The number of piperidine rings is 1. The first-order chi connectivity index (χ1) is 14.1. The summed E-state index contributed by atoms with van der Waals surface area (Å²) in [6.07, 6.45) is 6.26. The minimum absolute atomic E-state index is 0.00294. The van der Waals surface area contributed by atoms with E-state index in [0.29, 0.717) is 0 Å². The number of likely N-dealkylation sites (tertiary alicyclic amines) is 1. The normalized spacial score (nSPS) is 20.7. The van der Waals surface area contributed by atoms with Crippen LogP contribution in [0.25, 0.3) is 0 Å². The number of para-hydroxylation sites is 1. The molecular formula is C25H32N2O2. The highest BCUT2D eigenvalue weighted by Gasteiger charge is 2.43. The topological polar surface area (TPSA) is 41.6 Å². The molecule has 1 unspecified atom stereocenters. The summed E-state index contributed by atoms with van der Waals surface area (Å²) >= 11 is 0. The highest BCUT2D eigenvalue weighted by atomic mass is 16.5. The van der Waals surface area contributed by atoms with Gasteiger partial charge in [-0.1, -0.05) is 43.7 Å². The molecule has 2 aliphatic heterocycles. The van der Waals surface area contributed by atoms with Crippen molar-refractivity contribution in [3.05, 3.63) is 65.2 Å². The molecular weight excluding hydrogens is 360 g/mol. The van der Waals surface area contributed by atoms with Crippen molar-refractivity contribution in [3.8, 4) is 5.75 Å². The highest BCUT2D eigenvalue weighted by molar-refractivity contribution is 5.94. The number of hydrogen-bond acceptors (Lipinski definition) is 3. The van der Waals surface area contributed by atoms with Gasteiger partial charge in [0.2, 0.25) is 0 Å². The first-order valence-corrected chi connectivity index (χ1v) is 10.9. The molecule has 29 heavy (non-hydrogen) atoms. The Hall–Kier alpha value is -2.33. The van der Waals surface area contributed by atoms with Crippen LogP contribution in [-0.4, -0.2) is 36.5 Å². The van der Waals surface area contributed by atoms with Crippen LogP contribution >= 0.6 is 0 Å². The Morgan fingerprint density at radius 1 is 1.14 bits per heavy atom. The molecule has 2 aromatic rings. The second-order valence-corrected chi connectivity index (χ2v) is 8.66. The summed E-state index contributed by atoms with van der Waals surface area (Å²) in [7, 11) is 2.16. The average molecular weight is 393 g/mol. The fraction of sp³-hybridized carbons (Fsp3) is 0.480. The van der Waals surface area contributed by atoms with Gasteiger partial charge in [0.05, 0.1) is 6.04 Å². The monoisotopic (exact) mass is 392 g/mol. The van der Waals surface area contributed by atoms with Gasteiger partial charge >= 0.3 is 0 Å². The molecule has 0 saturated carbocycles. The lowest BCUT2D eigenvalue weighted by Gasteiger charge is -2.46. The van der Waals surface area contributed by atoms with Crippen LogP contribution in [0.15, 0.2) is 48.5 Å². The van der Waals surface area contributed by atoms with Crippen LogP contribution < -0.4 is 10.1 Å². The molecule has 0 bridgehead atoms. The Morgan fingerprint density at radius 3 is 2.59 bits per heavy atom. The lowest BCUT2D eigenvalue weighted by molar-refractivity contribution is -0.0195. The molecule has 1 fully saturated rings. The number of aryl methyl sites for hydroxylation is 1. The van der Waals surface area contributed by atoms with Crippen LogP contribution in [0.1, 0.15) is 66.6 Å². The zero-order chi connectivity index (χ0) is 20.3. The van der Waals surface area contributed by atoms with E-state index in [9.17, 15) is 4.79 Å². The van der Waals surface area contributed by atoms with Crippen molar-refractivity contribution in [3.63, 3.8) is 0 Å². The summed E-state index contributed by atoms with van der Waals surface area (Å²) in [5.41, 5.74) is 2.93. The molecule has 2 aliphatic rings. The number of nitrogens with one attached hydrogen (secondary N) is 1. The SMILES string of the molecule is CCCCc1ccc(C(=O)NC2CC3(CCN(C)CC3)Oc3ccccc32)cc1. The van der Waals surface area contributed by atoms with E-state index >= 15 is 0 Å². The van der Waals surface area contributed by atoms with Crippen molar-refractivity contribution in [1.29, 1.82) is 0 Å². The quantitative estimate of drug-likeness (QED) is 0.799. The molecule has 0 aromatic heterocycles. The van der Waals surface area contributed by atoms with E-state index < -0.39 is 0 Å². The maximum absolute atomic E-state index is 13.0. The van der Waals surface area contributed by atoms with E-state index in [2.05, 4.69) is 42.4 Å². The van der Waals surface area contributed by atoms with Gasteiger partial charge in [-0.15, -0.1) is 0 Å². The van der Waals surface area contributed by atoms with Gasteiger partial charge in [-0.2, -0.15) is 0 Å². The molecule has 1 spiro atoms. The Kier molecular flexibility index (Phi) is 5.91. The van der Waals surface area contributed by atoms with Crippen molar-refractivity contribution < 1.29 is 9.53 Å². The Morgan fingerprint density at radius 2 is 1.86 bits per heavy atom. The molecule has 1 atom stereocenters. The molecule has 2 aromatic carbocycles. The molecule has 1 N–H and O–H groups in total. The minimum atomic E-state index is -0.178. The van der Waals surface area contributed by atoms with E-state index in [1.807, 2.05) is 30.3 Å². The zero-order valence-corrected chi connectivity index (χ0v) is 17.6. The number of amides is 1. The van der Waals surface area contributed by atoms with E-state index in [1.54, 1.807) is 0 Å². The maximum atomic E-state index is 13.0. The van der Waals surface area contributed by atoms with Crippen LogP contribution in [0.4, 0.5) is 0 Å². The molecule has 154 valence electrons. The van der Waals surface area contributed by atoms with E-state index in [4.69, 9.17) is 4.74 Å². The summed E-state index contributed by atoms with van der Waals surface area (Å²) in [5.74, 6) is 0.917. The lowest BCUT2D eigenvalue weighted by Crippen LogP contribution is -2.51. The molecule has 4 heteroatoms. The van der Waals surface area contributed by atoms with Gasteiger partial charge in [0.1, 0.15) is 11.4 Å². The van der Waals surface area contributed by atoms with Gasteiger partial charge in [-0.25, -0.2) is 0 Å². The Bertz CT molecular complexity index is 838. The molecule has 1 saturated heterocycles. The number of ether oxygens (including phenoxy) is 1. The van der Waals surface area contributed by atoms with Crippen molar-refractivity contribution in [1.82, 2.24) is 10.2 Å². The summed E-state index contributed by atoms with van der Waals surface area (Å²) in [6.45, 7) is 4.26. The summed E-state index contributed by atoms with van der Waals surface area (Å²) in [4.78, 5) is 15.4. The third-order valence-corrected chi connectivity index (χ3v) is 6.44. The Labute approximate surface area is 174 Å². The van der Waals surface area contributed by atoms with E-state index in [-0.39, 0.29) is 17.6 Å². The number of fused-ring (bicyclic) bond motifs is 1. The predicted octanol–water partition coefficient (Wildman–Crippen LogP) is 4.75. The number of rotatable bonds is 5. The molecule has 1 amide bonds. The summed E-state index contributed by atoms with van der Waals surface area (Å²) in [6, 6.07) is 16.2. The van der Waals surface area contributed by atoms with E-state index in [0.717, 1.165) is 55.6 Å².